The molecule has 0 aromatic heterocycles. The first-order valence-corrected chi connectivity index (χ1v) is 8.36. The molecule has 3 rings (SSSR count). The van der Waals surface area contributed by atoms with Crippen LogP contribution in [0, 0.1) is 0 Å². The summed E-state index contributed by atoms with van der Waals surface area (Å²) in [7, 11) is 2.74. The molecule has 0 N–H and O–H groups in total. The Morgan fingerprint density at radius 1 is 0.846 bits per heavy atom. The lowest BCUT2D eigenvalue weighted by Gasteiger charge is -2.24. The Kier molecular flexibility index (Phi) is 5.32. The molecule has 1 aliphatic rings. The summed E-state index contributed by atoms with van der Waals surface area (Å²) < 4.78 is 9.69. The zero-order valence-corrected chi connectivity index (χ0v) is 14.8. The van der Waals surface area contributed by atoms with Crippen molar-refractivity contribution in [2.45, 2.75) is 12.3 Å². The van der Waals surface area contributed by atoms with Crippen LogP contribution >= 0.6 is 0 Å². The van der Waals surface area contributed by atoms with Gasteiger partial charge in [0.2, 0.25) is 0 Å². The summed E-state index contributed by atoms with van der Waals surface area (Å²) >= 11 is 0. The number of allylic oxidation sites excluding steroid dienone is 3. The molecule has 26 heavy (non-hydrogen) atoms. The number of rotatable bonds is 4. The van der Waals surface area contributed by atoms with E-state index in [4.69, 9.17) is 9.47 Å². The minimum absolute atomic E-state index is 0.130. The summed E-state index contributed by atoms with van der Waals surface area (Å²) in [4.78, 5) is 23.9. The molecule has 0 bridgehead atoms. The molecule has 4 nitrogen and oxygen atoms in total. The Morgan fingerprint density at radius 2 is 1.50 bits per heavy atom. The Bertz CT molecular complexity index is 861. The van der Waals surface area contributed by atoms with Gasteiger partial charge in [0.05, 0.1) is 19.8 Å². The van der Waals surface area contributed by atoms with Crippen LogP contribution in [-0.2, 0) is 14.3 Å². The van der Waals surface area contributed by atoms with Gasteiger partial charge in [-0.15, -0.1) is 0 Å². The molecule has 1 atom stereocenters. The maximum Gasteiger partial charge on any atom is 0.337 e. The fourth-order valence-electron chi connectivity index (χ4n) is 3.17. The van der Waals surface area contributed by atoms with Gasteiger partial charge in [0.15, 0.2) is 0 Å². The Hall–Kier alpha value is -3.14. The second-order valence-corrected chi connectivity index (χ2v) is 6.04. The summed E-state index contributed by atoms with van der Waals surface area (Å²) in [6.45, 7) is 0. The highest BCUT2D eigenvalue weighted by atomic mass is 16.5. The first-order chi connectivity index (χ1) is 12.6. The SMILES string of the molecule is COC(=O)C1=CC=C(c2ccccc2)CC1c1ccc(C(=O)OC)cc1. The van der Waals surface area contributed by atoms with Crippen LogP contribution in [0.15, 0.2) is 72.3 Å². The van der Waals surface area contributed by atoms with Crippen LogP contribution in [0.5, 0.6) is 0 Å². The van der Waals surface area contributed by atoms with Gasteiger partial charge in [-0.3, -0.25) is 0 Å². The van der Waals surface area contributed by atoms with E-state index in [1.165, 1.54) is 14.2 Å². The van der Waals surface area contributed by atoms with Gasteiger partial charge in [-0.25, -0.2) is 9.59 Å². The second kappa shape index (κ2) is 7.83. The number of carbonyl (C=O) groups is 2. The van der Waals surface area contributed by atoms with Crippen molar-refractivity contribution in [2.24, 2.45) is 0 Å². The van der Waals surface area contributed by atoms with E-state index < -0.39 is 0 Å². The van der Waals surface area contributed by atoms with Crippen molar-refractivity contribution in [3.8, 4) is 0 Å². The third-order valence-electron chi connectivity index (χ3n) is 4.56. The van der Waals surface area contributed by atoms with Crippen molar-refractivity contribution >= 4 is 17.5 Å². The molecule has 0 radical (unpaired) electrons. The molecule has 0 saturated heterocycles. The van der Waals surface area contributed by atoms with E-state index in [1.54, 1.807) is 12.1 Å². The molecule has 0 aliphatic heterocycles. The van der Waals surface area contributed by atoms with Crippen LogP contribution < -0.4 is 0 Å². The van der Waals surface area contributed by atoms with Crippen LogP contribution in [0.1, 0.15) is 33.8 Å². The van der Waals surface area contributed by atoms with Gasteiger partial charge in [-0.05, 0) is 35.3 Å². The lowest BCUT2D eigenvalue weighted by molar-refractivity contribution is -0.136. The predicted octanol–water partition coefficient (Wildman–Crippen LogP) is 4.14. The minimum atomic E-state index is -0.381. The van der Waals surface area contributed by atoms with Gasteiger partial charge >= 0.3 is 11.9 Å². The molecule has 0 amide bonds. The van der Waals surface area contributed by atoms with Gasteiger partial charge in [-0.2, -0.15) is 0 Å². The summed E-state index contributed by atoms with van der Waals surface area (Å²) in [6.07, 6.45) is 4.49. The molecular formula is C22H20O4. The molecule has 2 aromatic rings. The summed E-state index contributed by atoms with van der Waals surface area (Å²) in [5.74, 6) is -0.849. The first kappa shape index (κ1) is 17.7. The number of ether oxygens (including phenoxy) is 2. The van der Waals surface area contributed by atoms with Crippen LogP contribution in [0.2, 0.25) is 0 Å². The fraction of sp³-hybridized carbons (Fsp3) is 0.182. The van der Waals surface area contributed by atoms with Crippen LogP contribution in [0.3, 0.4) is 0 Å². The van der Waals surface area contributed by atoms with Crippen molar-refractivity contribution in [3.63, 3.8) is 0 Å². The van der Waals surface area contributed by atoms with E-state index in [-0.39, 0.29) is 17.9 Å². The largest absolute Gasteiger partial charge is 0.466 e. The van der Waals surface area contributed by atoms with Crippen LogP contribution in [-0.4, -0.2) is 26.2 Å². The van der Waals surface area contributed by atoms with Crippen molar-refractivity contribution in [3.05, 3.63) is 89.0 Å². The summed E-state index contributed by atoms with van der Waals surface area (Å²) in [5, 5.41) is 0. The third kappa shape index (κ3) is 3.59. The van der Waals surface area contributed by atoms with E-state index in [2.05, 4.69) is 12.1 Å². The molecule has 0 heterocycles. The average Bonchev–Trinajstić information content (AvgIpc) is 2.73. The van der Waals surface area contributed by atoms with Crippen molar-refractivity contribution in [1.82, 2.24) is 0 Å². The smallest absolute Gasteiger partial charge is 0.337 e. The van der Waals surface area contributed by atoms with Gasteiger partial charge < -0.3 is 9.47 Å². The van der Waals surface area contributed by atoms with E-state index in [0.717, 1.165) is 16.7 Å². The van der Waals surface area contributed by atoms with E-state index in [1.807, 2.05) is 42.5 Å². The zero-order valence-electron chi connectivity index (χ0n) is 14.8. The van der Waals surface area contributed by atoms with Crippen molar-refractivity contribution < 1.29 is 19.1 Å². The van der Waals surface area contributed by atoms with E-state index in [9.17, 15) is 9.59 Å². The minimum Gasteiger partial charge on any atom is -0.466 e. The number of hydrogen-bond donors (Lipinski definition) is 0. The van der Waals surface area contributed by atoms with E-state index >= 15 is 0 Å². The van der Waals surface area contributed by atoms with Crippen molar-refractivity contribution in [2.75, 3.05) is 14.2 Å². The summed E-state index contributed by atoms with van der Waals surface area (Å²) in [6, 6.07) is 17.2. The molecule has 1 aliphatic carbocycles. The zero-order chi connectivity index (χ0) is 18.5. The molecule has 4 heteroatoms. The highest BCUT2D eigenvalue weighted by molar-refractivity contribution is 5.93. The lowest BCUT2D eigenvalue weighted by Crippen LogP contribution is -2.16. The lowest BCUT2D eigenvalue weighted by atomic mass is 9.80. The third-order valence-corrected chi connectivity index (χ3v) is 4.56. The number of esters is 2. The van der Waals surface area contributed by atoms with E-state index in [0.29, 0.717) is 17.6 Å². The monoisotopic (exact) mass is 348 g/mol. The second-order valence-electron chi connectivity index (χ2n) is 6.04. The Balaban J connectivity index is 1.96. The maximum atomic E-state index is 12.2. The first-order valence-electron chi connectivity index (χ1n) is 8.36. The topological polar surface area (TPSA) is 52.6 Å². The Labute approximate surface area is 152 Å². The van der Waals surface area contributed by atoms with Crippen LogP contribution in [0.25, 0.3) is 5.57 Å². The van der Waals surface area contributed by atoms with Crippen LogP contribution in [0.4, 0.5) is 0 Å². The number of carbonyl (C=O) groups excluding carboxylic acids is 2. The van der Waals surface area contributed by atoms with Gasteiger partial charge in [0.1, 0.15) is 0 Å². The highest BCUT2D eigenvalue weighted by Crippen LogP contribution is 2.38. The van der Waals surface area contributed by atoms with Crippen molar-refractivity contribution in [1.29, 1.82) is 0 Å². The van der Waals surface area contributed by atoms with Gasteiger partial charge in [0, 0.05) is 11.5 Å². The van der Waals surface area contributed by atoms with Gasteiger partial charge in [-0.1, -0.05) is 54.6 Å². The molecular weight excluding hydrogens is 328 g/mol. The average molecular weight is 348 g/mol. The number of benzene rings is 2. The predicted molar refractivity (Wildman–Crippen MR) is 99.7 cm³/mol. The molecule has 0 spiro atoms. The summed E-state index contributed by atoms with van der Waals surface area (Å²) in [5.41, 5.74) is 4.33. The fourth-order valence-corrected chi connectivity index (χ4v) is 3.17. The highest BCUT2D eigenvalue weighted by Gasteiger charge is 2.27. The number of hydrogen-bond acceptors (Lipinski definition) is 4. The molecule has 0 saturated carbocycles. The standard InChI is InChI=1S/C22H20O4/c1-25-21(23)17-10-8-16(9-11-17)20-14-18(15-6-4-3-5-7-15)12-13-19(20)22(24)26-2/h3-13,20H,14H2,1-2H3. The molecule has 1 unspecified atom stereocenters. The molecule has 2 aromatic carbocycles. The maximum absolute atomic E-state index is 12.2. The van der Waals surface area contributed by atoms with Gasteiger partial charge in [0.25, 0.3) is 0 Å². The molecule has 132 valence electrons. The Morgan fingerprint density at radius 3 is 2.12 bits per heavy atom. The number of methoxy groups -OCH3 is 2. The quantitative estimate of drug-likeness (QED) is 0.779. The molecule has 0 fully saturated rings. The normalized spacial score (nSPS) is 16.3.